The highest BCUT2D eigenvalue weighted by Crippen LogP contribution is 2.38. The molecule has 6 nitrogen and oxygen atoms in total. The van der Waals surface area contributed by atoms with Gasteiger partial charge in [-0.15, -0.1) is 0 Å². The molecule has 5 rings (SSSR count). The van der Waals surface area contributed by atoms with E-state index in [9.17, 15) is 19.2 Å². The van der Waals surface area contributed by atoms with Crippen molar-refractivity contribution in [2.45, 2.75) is 6.92 Å². The summed E-state index contributed by atoms with van der Waals surface area (Å²) in [5, 5.41) is 0.351. The molecule has 0 atom stereocenters. The highest BCUT2D eigenvalue weighted by Gasteiger charge is 2.33. The molecule has 1 heterocycles. The van der Waals surface area contributed by atoms with Crippen LogP contribution >= 0.6 is 0 Å². The van der Waals surface area contributed by atoms with E-state index in [1.807, 2.05) is 6.07 Å². The van der Waals surface area contributed by atoms with E-state index in [1.165, 1.54) is 0 Å². The molecule has 0 amide bonds. The van der Waals surface area contributed by atoms with Crippen LogP contribution in [-0.2, 0) is 4.74 Å². The molecule has 3 aromatic carbocycles. The fourth-order valence-corrected chi connectivity index (χ4v) is 4.27. The molecular formula is C26H17NO5. The van der Waals surface area contributed by atoms with Gasteiger partial charge in [0.15, 0.2) is 11.6 Å². The largest absolute Gasteiger partial charge is 0.462 e. The molecule has 0 aliphatic heterocycles. The molecule has 1 aliphatic carbocycles. The van der Waals surface area contributed by atoms with E-state index >= 15 is 0 Å². The smallest absolute Gasteiger partial charge is 0.344 e. The number of hydrogen-bond acceptors (Lipinski definition) is 5. The third kappa shape index (κ3) is 2.80. The average Bonchev–Trinajstić information content (AvgIpc) is 2.81. The van der Waals surface area contributed by atoms with E-state index in [0.717, 1.165) is 0 Å². The zero-order chi connectivity index (χ0) is 22.4. The first-order chi connectivity index (χ1) is 15.5. The van der Waals surface area contributed by atoms with Crippen LogP contribution in [-0.4, -0.2) is 29.1 Å². The Morgan fingerprint density at radius 1 is 0.781 bits per heavy atom. The summed E-state index contributed by atoms with van der Waals surface area (Å²) in [6.45, 7) is 1.73. The molecule has 0 radical (unpaired) electrons. The van der Waals surface area contributed by atoms with Gasteiger partial charge in [0.1, 0.15) is 5.56 Å². The topological polar surface area (TPSA) is 93.3 Å². The molecule has 1 N–H and O–H groups in total. The summed E-state index contributed by atoms with van der Waals surface area (Å²) in [6, 6.07) is 18.6. The number of ketones is 2. The average molecular weight is 423 g/mol. The van der Waals surface area contributed by atoms with Crippen LogP contribution in [0.25, 0.3) is 22.0 Å². The minimum absolute atomic E-state index is 0.0855. The molecule has 156 valence electrons. The number of rotatable bonds is 3. The highest BCUT2D eigenvalue weighted by atomic mass is 16.5. The van der Waals surface area contributed by atoms with Crippen molar-refractivity contribution in [3.8, 4) is 11.1 Å². The van der Waals surface area contributed by atoms with Crippen molar-refractivity contribution >= 4 is 28.4 Å². The predicted molar refractivity (Wildman–Crippen MR) is 119 cm³/mol. The van der Waals surface area contributed by atoms with Crippen LogP contribution in [0, 0.1) is 0 Å². The Hall–Kier alpha value is -4.32. The number of ether oxygens (including phenoxy) is 1. The van der Waals surface area contributed by atoms with Gasteiger partial charge in [-0.05, 0) is 24.6 Å². The van der Waals surface area contributed by atoms with Crippen LogP contribution < -0.4 is 5.56 Å². The molecule has 0 spiro atoms. The van der Waals surface area contributed by atoms with Gasteiger partial charge in [0.05, 0.1) is 6.61 Å². The monoisotopic (exact) mass is 423 g/mol. The maximum atomic E-state index is 13.6. The van der Waals surface area contributed by atoms with Crippen LogP contribution in [0.3, 0.4) is 0 Å². The lowest BCUT2D eigenvalue weighted by Crippen LogP contribution is -2.25. The number of fused-ring (bicyclic) bond motifs is 4. The molecule has 6 heteroatoms. The summed E-state index contributed by atoms with van der Waals surface area (Å²) in [5.41, 5.74) is 1.43. The minimum Gasteiger partial charge on any atom is -0.462 e. The van der Waals surface area contributed by atoms with Crippen LogP contribution in [0.15, 0.2) is 71.5 Å². The fraction of sp³-hybridized carbons (Fsp3) is 0.0769. The number of H-pyrrole nitrogens is 1. The second kappa shape index (κ2) is 7.42. The Kier molecular flexibility index (Phi) is 4.56. The zero-order valence-electron chi connectivity index (χ0n) is 17.1. The number of aromatic amines is 1. The van der Waals surface area contributed by atoms with E-state index in [0.29, 0.717) is 27.6 Å². The Morgan fingerprint density at radius 2 is 1.44 bits per heavy atom. The van der Waals surface area contributed by atoms with E-state index in [2.05, 4.69) is 4.98 Å². The van der Waals surface area contributed by atoms with Gasteiger partial charge in [-0.25, -0.2) is 4.79 Å². The lowest BCUT2D eigenvalue weighted by atomic mass is 9.80. The summed E-state index contributed by atoms with van der Waals surface area (Å²) < 4.78 is 5.16. The van der Waals surface area contributed by atoms with Crippen molar-refractivity contribution < 1.29 is 19.1 Å². The van der Waals surface area contributed by atoms with Gasteiger partial charge in [0.25, 0.3) is 5.56 Å². The summed E-state index contributed by atoms with van der Waals surface area (Å²) in [6.07, 6.45) is 0. The number of benzene rings is 3. The van der Waals surface area contributed by atoms with E-state index in [4.69, 9.17) is 4.74 Å². The second-order valence-corrected chi connectivity index (χ2v) is 7.41. The first-order valence-corrected chi connectivity index (χ1v) is 10.2. The van der Waals surface area contributed by atoms with Crippen LogP contribution in [0.1, 0.15) is 49.1 Å². The van der Waals surface area contributed by atoms with Gasteiger partial charge in [-0.2, -0.15) is 0 Å². The van der Waals surface area contributed by atoms with Crippen molar-refractivity contribution in [2.24, 2.45) is 0 Å². The van der Waals surface area contributed by atoms with Gasteiger partial charge in [0, 0.05) is 38.7 Å². The third-order valence-corrected chi connectivity index (χ3v) is 5.61. The fourth-order valence-electron chi connectivity index (χ4n) is 4.27. The summed E-state index contributed by atoms with van der Waals surface area (Å²) >= 11 is 0. The zero-order valence-corrected chi connectivity index (χ0v) is 17.1. The van der Waals surface area contributed by atoms with Gasteiger partial charge < -0.3 is 9.72 Å². The van der Waals surface area contributed by atoms with E-state index in [1.54, 1.807) is 67.6 Å². The molecule has 4 aromatic rings. The predicted octanol–water partition coefficient (Wildman–Crippen LogP) is 4.15. The molecule has 1 aromatic heterocycles. The van der Waals surface area contributed by atoms with E-state index in [-0.39, 0.29) is 40.4 Å². The number of aromatic nitrogens is 1. The summed E-state index contributed by atoms with van der Waals surface area (Å²) in [5.74, 6) is -1.40. The molecule has 32 heavy (non-hydrogen) atoms. The molecule has 0 bridgehead atoms. The molecule has 0 fully saturated rings. The maximum absolute atomic E-state index is 13.6. The van der Waals surface area contributed by atoms with Crippen molar-refractivity contribution in [1.82, 2.24) is 4.98 Å². The molecule has 1 aliphatic rings. The highest BCUT2D eigenvalue weighted by molar-refractivity contribution is 6.33. The van der Waals surface area contributed by atoms with E-state index < -0.39 is 11.5 Å². The lowest BCUT2D eigenvalue weighted by Gasteiger charge is -2.21. The number of carbonyl (C=O) groups excluding carboxylic acids is 3. The lowest BCUT2D eigenvalue weighted by molar-refractivity contribution is 0.0525. The van der Waals surface area contributed by atoms with Gasteiger partial charge in [-0.3, -0.25) is 14.4 Å². The second-order valence-electron chi connectivity index (χ2n) is 7.41. The van der Waals surface area contributed by atoms with Gasteiger partial charge >= 0.3 is 5.97 Å². The Bertz CT molecular complexity index is 1500. The Labute approximate surface area is 182 Å². The normalized spacial score (nSPS) is 12.4. The van der Waals surface area contributed by atoms with Crippen molar-refractivity contribution in [1.29, 1.82) is 0 Å². The first-order valence-electron chi connectivity index (χ1n) is 10.2. The first kappa shape index (κ1) is 19.6. The van der Waals surface area contributed by atoms with Crippen molar-refractivity contribution in [3.63, 3.8) is 0 Å². The van der Waals surface area contributed by atoms with Crippen molar-refractivity contribution in [2.75, 3.05) is 6.61 Å². The number of nitrogens with one attached hydrogen (secondary N) is 1. The van der Waals surface area contributed by atoms with Crippen LogP contribution in [0.5, 0.6) is 0 Å². The van der Waals surface area contributed by atoms with Gasteiger partial charge in [0.2, 0.25) is 0 Å². The number of carbonyl (C=O) groups is 3. The number of pyridine rings is 1. The molecule has 0 saturated carbocycles. The molecular weight excluding hydrogens is 406 g/mol. The Balaban J connectivity index is 1.97. The summed E-state index contributed by atoms with van der Waals surface area (Å²) in [7, 11) is 0. The quantitative estimate of drug-likeness (QED) is 0.440. The van der Waals surface area contributed by atoms with Crippen molar-refractivity contribution in [3.05, 3.63) is 105 Å². The third-order valence-electron chi connectivity index (χ3n) is 5.61. The standard InChI is InChI=1S/C26H17NO5/c1-2-32-26(31)22-19(14-8-4-3-5-9-14)21-18(27-25(22)30)13-12-17-20(21)24(29)16-11-7-6-10-15(16)23(17)28/h3-13H,2H2,1H3,(H,27,30). The SMILES string of the molecule is CCOC(=O)c1c(-c2ccccc2)c2c3c(ccc2[nH]c1=O)C(=O)c1ccccc1C3=O. The molecule has 0 saturated heterocycles. The number of esters is 1. The molecule has 0 unspecified atom stereocenters. The Morgan fingerprint density at radius 3 is 2.12 bits per heavy atom. The summed E-state index contributed by atoms with van der Waals surface area (Å²) in [4.78, 5) is 55.3. The van der Waals surface area contributed by atoms with Gasteiger partial charge in [-0.1, -0.05) is 54.6 Å². The maximum Gasteiger partial charge on any atom is 0.344 e. The number of hydrogen-bond donors (Lipinski definition) is 1. The van der Waals surface area contributed by atoms with Crippen LogP contribution in [0.2, 0.25) is 0 Å². The van der Waals surface area contributed by atoms with Crippen LogP contribution in [0.4, 0.5) is 0 Å². The minimum atomic E-state index is -0.790.